The molecule has 2 aromatic carbocycles. The average molecular weight is 291 g/mol. The second-order valence-electron chi connectivity index (χ2n) is 4.37. The Bertz CT molecular complexity index is 637. The summed E-state index contributed by atoms with van der Waals surface area (Å²) in [6.07, 6.45) is 0. The van der Waals surface area contributed by atoms with Crippen LogP contribution >= 0.6 is 0 Å². The first-order valence-corrected chi connectivity index (χ1v) is 7.80. The van der Waals surface area contributed by atoms with Crippen LogP contribution in [0, 0.1) is 6.92 Å². The van der Waals surface area contributed by atoms with E-state index in [1.165, 1.54) is 0 Å². The summed E-state index contributed by atoms with van der Waals surface area (Å²) in [6.45, 7) is 2.51. The van der Waals surface area contributed by atoms with E-state index in [4.69, 9.17) is 4.74 Å². The molecule has 0 radical (unpaired) electrons. The van der Waals surface area contributed by atoms with Crippen molar-refractivity contribution in [3.8, 4) is 5.75 Å². The van der Waals surface area contributed by atoms with E-state index in [0.29, 0.717) is 0 Å². The topological polar surface area (TPSA) is 55.4 Å². The first-order chi connectivity index (χ1) is 9.58. The molecule has 0 spiro atoms. The predicted octanol–water partition coefficient (Wildman–Crippen LogP) is 2.35. The molecule has 0 atom stereocenters. The third-order valence-corrected chi connectivity index (χ3v) is 4.21. The molecule has 0 aliphatic heterocycles. The maximum Gasteiger partial charge on any atom is 0.240 e. The monoisotopic (exact) mass is 291 g/mol. The van der Waals surface area contributed by atoms with Gasteiger partial charge in [0.25, 0.3) is 0 Å². The van der Waals surface area contributed by atoms with Gasteiger partial charge >= 0.3 is 0 Å². The molecular formula is C15H17NO3S. The van der Waals surface area contributed by atoms with Gasteiger partial charge in [-0.15, -0.1) is 0 Å². The summed E-state index contributed by atoms with van der Waals surface area (Å²) in [5, 5.41) is 0. The molecule has 2 rings (SSSR count). The largest absolute Gasteiger partial charge is 0.492 e. The molecule has 0 saturated carbocycles. The Balaban J connectivity index is 1.83. The number of benzene rings is 2. The minimum absolute atomic E-state index is 0.227. The summed E-state index contributed by atoms with van der Waals surface area (Å²) >= 11 is 0. The number of sulfonamides is 1. The van der Waals surface area contributed by atoms with Gasteiger partial charge in [-0.1, -0.05) is 35.9 Å². The van der Waals surface area contributed by atoms with E-state index >= 15 is 0 Å². The van der Waals surface area contributed by atoms with Gasteiger partial charge in [-0.3, -0.25) is 0 Å². The summed E-state index contributed by atoms with van der Waals surface area (Å²) in [7, 11) is -3.45. The fourth-order valence-electron chi connectivity index (χ4n) is 1.66. The molecule has 0 aliphatic rings. The second kappa shape index (κ2) is 6.54. The highest BCUT2D eigenvalue weighted by atomic mass is 32.2. The first-order valence-electron chi connectivity index (χ1n) is 6.32. The first kappa shape index (κ1) is 14.6. The quantitative estimate of drug-likeness (QED) is 0.831. The highest BCUT2D eigenvalue weighted by Gasteiger charge is 2.11. The normalized spacial score (nSPS) is 11.2. The van der Waals surface area contributed by atoms with Crippen molar-refractivity contribution in [3.63, 3.8) is 0 Å². The smallest absolute Gasteiger partial charge is 0.240 e. The SMILES string of the molecule is Cc1ccc(OCCNS(=O)(=O)c2ccccc2)cc1. The van der Waals surface area contributed by atoms with Crippen molar-refractivity contribution in [2.45, 2.75) is 11.8 Å². The number of hydrogen-bond donors (Lipinski definition) is 1. The van der Waals surface area contributed by atoms with E-state index in [-0.39, 0.29) is 18.0 Å². The Morgan fingerprint density at radius 3 is 2.30 bits per heavy atom. The Morgan fingerprint density at radius 2 is 1.65 bits per heavy atom. The van der Waals surface area contributed by atoms with E-state index in [1.807, 2.05) is 31.2 Å². The van der Waals surface area contributed by atoms with Gasteiger partial charge in [0.2, 0.25) is 10.0 Å². The zero-order chi connectivity index (χ0) is 14.4. The molecule has 0 saturated heterocycles. The molecule has 2 aromatic rings. The van der Waals surface area contributed by atoms with Crippen molar-refractivity contribution in [3.05, 3.63) is 60.2 Å². The van der Waals surface area contributed by atoms with E-state index in [0.717, 1.165) is 11.3 Å². The number of hydrogen-bond acceptors (Lipinski definition) is 3. The fraction of sp³-hybridized carbons (Fsp3) is 0.200. The van der Waals surface area contributed by atoms with Gasteiger partial charge in [0, 0.05) is 6.54 Å². The van der Waals surface area contributed by atoms with Crippen LogP contribution in [0.3, 0.4) is 0 Å². The lowest BCUT2D eigenvalue weighted by atomic mass is 10.2. The van der Waals surface area contributed by atoms with Crippen molar-refractivity contribution >= 4 is 10.0 Å². The molecule has 20 heavy (non-hydrogen) atoms. The third-order valence-electron chi connectivity index (χ3n) is 2.74. The predicted molar refractivity (Wildman–Crippen MR) is 78.3 cm³/mol. The van der Waals surface area contributed by atoms with Crippen molar-refractivity contribution in [1.29, 1.82) is 0 Å². The molecule has 0 amide bonds. The van der Waals surface area contributed by atoms with Gasteiger partial charge < -0.3 is 4.74 Å². The van der Waals surface area contributed by atoms with Gasteiger partial charge in [-0.2, -0.15) is 0 Å². The van der Waals surface area contributed by atoms with Gasteiger partial charge in [0.05, 0.1) is 4.90 Å². The average Bonchev–Trinajstić information content (AvgIpc) is 2.46. The van der Waals surface area contributed by atoms with Crippen molar-refractivity contribution < 1.29 is 13.2 Å². The van der Waals surface area contributed by atoms with Crippen LogP contribution in [0.15, 0.2) is 59.5 Å². The van der Waals surface area contributed by atoms with Crippen LogP contribution in [-0.2, 0) is 10.0 Å². The van der Waals surface area contributed by atoms with Gasteiger partial charge in [-0.05, 0) is 31.2 Å². The van der Waals surface area contributed by atoms with E-state index in [9.17, 15) is 8.42 Å². The van der Waals surface area contributed by atoms with Gasteiger partial charge in [0.15, 0.2) is 0 Å². The molecule has 5 heteroatoms. The van der Waals surface area contributed by atoms with Crippen molar-refractivity contribution in [1.82, 2.24) is 4.72 Å². The zero-order valence-electron chi connectivity index (χ0n) is 11.2. The highest BCUT2D eigenvalue weighted by Crippen LogP contribution is 2.11. The Morgan fingerprint density at radius 1 is 1.00 bits per heavy atom. The minimum atomic E-state index is -3.45. The summed E-state index contributed by atoms with van der Waals surface area (Å²) in [4.78, 5) is 0.260. The third kappa shape index (κ3) is 4.08. The lowest BCUT2D eigenvalue weighted by Gasteiger charge is -2.08. The van der Waals surface area contributed by atoms with Crippen LogP contribution in [0.2, 0.25) is 0 Å². The van der Waals surface area contributed by atoms with Crippen LogP contribution in [0.1, 0.15) is 5.56 Å². The molecule has 0 fully saturated rings. The molecule has 0 aliphatic carbocycles. The Labute approximate surface area is 119 Å². The maximum atomic E-state index is 11.9. The van der Waals surface area contributed by atoms with Gasteiger partial charge in [0.1, 0.15) is 12.4 Å². The van der Waals surface area contributed by atoms with Gasteiger partial charge in [-0.25, -0.2) is 13.1 Å². The summed E-state index contributed by atoms with van der Waals surface area (Å²) < 4.78 is 31.8. The van der Waals surface area contributed by atoms with Crippen molar-refractivity contribution in [2.24, 2.45) is 0 Å². The number of ether oxygens (including phenoxy) is 1. The van der Waals surface area contributed by atoms with Crippen LogP contribution in [-0.4, -0.2) is 21.6 Å². The van der Waals surface area contributed by atoms with Crippen LogP contribution in [0.5, 0.6) is 5.75 Å². The lowest BCUT2D eigenvalue weighted by molar-refractivity contribution is 0.323. The second-order valence-corrected chi connectivity index (χ2v) is 6.14. The molecule has 0 aromatic heterocycles. The van der Waals surface area contributed by atoms with E-state index < -0.39 is 10.0 Å². The lowest BCUT2D eigenvalue weighted by Crippen LogP contribution is -2.28. The Kier molecular flexibility index (Phi) is 4.76. The standard InChI is InChI=1S/C15H17NO3S/c1-13-7-9-14(10-8-13)19-12-11-16-20(17,18)15-5-3-2-4-6-15/h2-10,16H,11-12H2,1H3. The molecule has 0 heterocycles. The number of rotatable bonds is 6. The minimum Gasteiger partial charge on any atom is -0.492 e. The zero-order valence-corrected chi connectivity index (χ0v) is 12.1. The summed E-state index contributed by atoms with van der Waals surface area (Å²) in [6, 6.07) is 15.9. The summed E-state index contributed by atoms with van der Waals surface area (Å²) in [5.74, 6) is 0.731. The van der Waals surface area contributed by atoms with Crippen molar-refractivity contribution in [2.75, 3.05) is 13.2 Å². The van der Waals surface area contributed by atoms with Crippen LogP contribution < -0.4 is 9.46 Å². The molecule has 106 valence electrons. The molecule has 4 nitrogen and oxygen atoms in total. The fourth-order valence-corrected chi connectivity index (χ4v) is 2.70. The highest BCUT2D eigenvalue weighted by molar-refractivity contribution is 7.89. The molecule has 0 unspecified atom stereocenters. The van der Waals surface area contributed by atoms with Crippen LogP contribution in [0.25, 0.3) is 0 Å². The summed E-state index contributed by atoms with van der Waals surface area (Å²) in [5.41, 5.74) is 1.15. The molecular weight excluding hydrogens is 274 g/mol. The number of aryl methyl sites for hydroxylation is 1. The van der Waals surface area contributed by atoms with E-state index in [2.05, 4.69) is 4.72 Å². The maximum absolute atomic E-state index is 11.9. The van der Waals surface area contributed by atoms with Crippen LogP contribution in [0.4, 0.5) is 0 Å². The Hall–Kier alpha value is -1.85. The molecule has 1 N–H and O–H groups in total. The van der Waals surface area contributed by atoms with E-state index in [1.54, 1.807) is 30.3 Å². The molecule has 0 bridgehead atoms. The number of nitrogens with one attached hydrogen (secondary N) is 1.